The van der Waals surface area contributed by atoms with Crippen LogP contribution in [-0.2, 0) is 9.53 Å². The van der Waals surface area contributed by atoms with E-state index >= 15 is 0 Å². The highest BCUT2D eigenvalue weighted by Crippen LogP contribution is 2.28. The van der Waals surface area contributed by atoms with Crippen LogP contribution in [0.2, 0.25) is 10.0 Å². The second kappa shape index (κ2) is 7.11. The molecule has 0 fully saturated rings. The van der Waals surface area contributed by atoms with E-state index in [0.29, 0.717) is 10.7 Å². The monoisotopic (exact) mass is 302 g/mol. The standard InChI is InChI=1S/C12H12Cl2N2O3/c1-3-19-12(18)11(7(2)17)16-15-10-5-4-8(13)6-9(10)14/h4-6,17H,3H2,1-2H3/b11-7+,16-15?. The number of ether oxygens (including phenoxy) is 1. The average molecular weight is 303 g/mol. The Balaban J connectivity index is 3.00. The fourth-order valence-electron chi connectivity index (χ4n) is 1.13. The number of halogens is 2. The van der Waals surface area contributed by atoms with Crippen molar-refractivity contribution in [3.8, 4) is 0 Å². The van der Waals surface area contributed by atoms with Crippen LogP contribution in [0.5, 0.6) is 0 Å². The highest BCUT2D eigenvalue weighted by atomic mass is 35.5. The summed E-state index contributed by atoms with van der Waals surface area (Å²) in [6, 6.07) is 4.63. The first-order chi connectivity index (χ1) is 8.95. The topological polar surface area (TPSA) is 71.2 Å². The van der Waals surface area contributed by atoms with Gasteiger partial charge in [-0.25, -0.2) is 4.79 Å². The molecule has 7 heteroatoms. The Bertz CT molecular complexity index is 538. The van der Waals surface area contributed by atoms with Gasteiger partial charge in [-0.3, -0.25) is 0 Å². The quantitative estimate of drug-likeness (QED) is 0.387. The van der Waals surface area contributed by atoms with Gasteiger partial charge in [0, 0.05) is 5.02 Å². The lowest BCUT2D eigenvalue weighted by molar-refractivity contribution is -0.138. The molecule has 102 valence electrons. The van der Waals surface area contributed by atoms with Crippen LogP contribution in [0.25, 0.3) is 0 Å². The van der Waals surface area contributed by atoms with Gasteiger partial charge in [-0.05, 0) is 32.0 Å². The van der Waals surface area contributed by atoms with Crippen LogP contribution >= 0.6 is 23.2 Å². The van der Waals surface area contributed by atoms with Crippen molar-refractivity contribution >= 4 is 34.9 Å². The molecule has 0 unspecified atom stereocenters. The van der Waals surface area contributed by atoms with Crippen LogP contribution in [0.15, 0.2) is 39.9 Å². The number of aliphatic hydroxyl groups is 1. The molecule has 0 aliphatic carbocycles. The summed E-state index contributed by atoms with van der Waals surface area (Å²) >= 11 is 11.6. The molecule has 19 heavy (non-hydrogen) atoms. The van der Waals surface area contributed by atoms with Crippen molar-refractivity contribution in [1.29, 1.82) is 0 Å². The Morgan fingerprint density at radius 2 is 2.11 bits per heavy atom. The molecule has 1 rings (SSSR count). The maximum absolute atomic E-state index is 11.5. The zero-order chi connectivity index (χ0) is 14.4. The molecule has 0 heterocycles. The lowest BCUT2D eigenvalue weighted by Gasteiger charge is -2.02. The molecular weight excluding hydrogens is 291 g/mol. The normalized spacial score (nSPS) is 12.4. The smallest absolute Gasteiger partial charge is 0.362 e. The number of esters is 1. The third-order valence-corrected chi connectivity index (χ3v) is 2.52. The van der Waals surface area contributed by atoms with Gasteiger partial charge in [0.2, 0.25) is 5.70 Å². The number of azo groups is 1. The van der Waals surface area contributed by atoms with Gasteiger partial charge < -0.3 is 9.84 Å². The van der Waals surface area contributed by atoms with Crippen molar-refractivity contribution in [3.05, 3.63) is 39.7 Å². The highest BCUT2D eigenvalue weighted by molar-refractivity contribution is 6.36. The zero-order valence-electron chi connectivity index (χ0n) is 10.4. The lowest BCUT2D eigenvalue weighted by Crippen LogP contribution is -2.07. The van der Waals surface area contributed by atoms with Crippen molar-refractivity contribution < 1.29 is 14.6 Å². The minimum Gasteiger partial charge on any atom is -0.510 e. The van der Waals surface area contributed by atoms with Gasteiger partial charge in [0.15, 0.2) is 0 Å². The van der Waals surface area contributed by atoms with Crippen molar-refractivity contribution in [3.63, 3.8) is 0 Å². The number of rotatable bonds is 4. The Morgan fingerprint density at radius 3 is 2.63 bits per heavy atom. The number of hydrogen-bond donors (Lipinski definition) is 1. The van der Waals surface area contributed by atoms with Crippen LogP contribution in [0.3, 0.4) is 0 Å². The van der Waals surface area contributed by atoms with E-state index in [2.05, 4.69) is 10.2 Å². The van der Waals surface area contributed by atoms with Crippen LogP contribution in [0, 0.1) is 0 Å². The van der Waals surface area contributed by atoms with Crippen molar-refractivity contribution in [1.82, 2.24) is 0 Å². The predicted octanol–water partition coefficient (Wildman–Crippen LogP) is 4.43. The molecule has 1 N–H and O–H groups in total. The van der Waals surface area contributed by atoms with E-state index in [4.69, 9.17) is 27.9 Å². The summed E-state index contributed by atoms with van der Waals surface area (Å²) in [6.45, 7) is 3.14. The summed E-state index contributed by atoms with van der Waals surface area (Å²) < 4.78 is 4.74. The molecule has 0 aliphatic heterocycles. The molecule has 0 saturated heterocycles. The van der Waals surface area contributed by atoms with E-state index in [9.17, 15) is 9.90 Å². The Kier molecular flexibility index (Phi) is 5.79. The number of benzene rings is 1. The molecule has 0 radical (unpaired) electrons. The molecule has 0 atom stereocenters. The molecular formula is C12H12Cl2N2O3. The second-order valence-corrected chi connectivity index (χ2v) is 4.29. The Labute approximate surface area is 120 Å². The first kappa shape index (κ1) is 15.5. The largest absolute Gasteiger partial charge is 0.510 e. The summed E-state index contributed by atoms with van der Waals surface area (Å²) in [4.78, 5) is 11.5. The third kappa shape index (κ3) is 4.54. The molecule has 0 aromatic heterocycles. The fraction of sp³-hybridized carbons (Fsp3) is 0.250. The van der Waals surface area contributed by atoms with Gasteiger partial charge in [0.05, 0.1) is 11.6 Å². The van der Waals surface area contributed by atoms with Gasteiger partial charge >= 0.3 is 5.97 Å². The van der Waals surface area contributed by atoms with Crippen molar-refractivity contribution in [2.75, 3.05) is 6.61 Å². The number of aliphatic hydroxyl groups excluding tert-OH is 1. The number of allylic oxidation sites excluding steroid dienone is 1. The summed E-state index contributed by atoms with van der Waals surface area (Å²) in [5, 5.41) is 17.6. The van der Waals surface area contributed by atoms with Crippen LogP contribution in [-0.4, -0.2) is 17.7 Å². The lowest BCUT2D eigenvalue weighted by atomic mass is 10.3. The van der Waals surface area contributed by atoms with Gasteiger partial charge in [-0.2, -0.15) is 0 Å². The molecule has 0 aliphatic rings. The third-order valence-electron chi connectivity index (χ3n) is 1.98. The minimum absolute atomic E-state index is 0.173. The van der Waals surface area contributed by atoms with E-state index in [1.807, 2.05) is 0 Å². The van der Waals surface area contributed by atoms with Gasteiger partial charge in [0.1, 0.15) is 11.4 Å². The van der Waals surface area contributed by atoms with E-state index < -0.39 is 5.97 Å². The summed E-state index contributed by atoms with van der Waals surface area (Å²) in [5.41, 5.74) is 0.0574. The van der Waals surface area contributed by atoms with Crippen molar-refractivity contribution in [2.45, 2.75) is 13.8 Å². The van der Waals surface area contributed by atoms with Gasteiger partial charge in [0.25, 0.3) is 0 Å². The minimum atomic E-state index is -0.753. The maximum Gasteiger partial charge on any atom is 0.362 e. The summed E-state index contributed by atoms with van der Waals surface area (Å²) in [5.74, 6) is -1.04. The summed E-state index contributed by atoms with van der Waals surface area (Å²) in [6.07, 6.45) is 0. The number of nitrogens with zero attached hydrogens (tertiary/aromatic N) is 2. The highest BCUT2D eigenvalue weighted by Gasteiger charge is 2.14. The summed E-state index contributed by atoms with van der Waals surface area (Å²) in [7, 11) is 0. The Morgan fingerprint density at radius 1 is 1.42 bits per heavy atom. The number of carbonyl (C=O) groups excluding carboxylic acids is 1. The maximum atomic E-state index is 11.5. The van der Waals surface area contributed by atoms with E-state index in [1.165, 1.54) is 13.0 Å². The molecule has 1 aromatic rings. The van der Waals surface area contributed by atoms with E-state index in [1.54, 1.807) is 19.1 Å². The first-order valence-corrected chi connectivity index (χ1v) is 6.15. The van der Waals surface area contributed by atoms with Gasteiger partial charge in [-0.1, -0.05) is 23.2 Å². The number of hydrogen-bond acceptors (Lipinski definition) is 5. The number of carbonyl (C=O) groups is 1. The molecule has 1 aromatic carbocycles. The average Bonchev–Trinajstić information content (AvgIpc) is 2.31. The second-order valence-electron chi connectivity index (χ2n) is 3.45. The molecule has 0 amide bonds. The van der Waals surface area contributed by atoms with Crippen molar-refractivity contribution in [2.24, 2.45) is 10.2 Å². The van der Waals surface area contributed by atoms with E-state index in [-0.39, 0.29) is 23.1 Å². The van der Waals surface area contributed by atoms with Crippen LogP contribution in [0.4, 0.5) is 5.69 Å². The predicted molar refractivity (Wildman–Crippen MR) is 72.9 cm³/mol. The van der Waals surface area contributed by atoms with Crippen LogP contribution < -0.4 is 0 Å². The molecule has 5 nitrogen and oxygen atoms in total. The van der Waals surface area contributed by atoms with E-state index in [0.717, 1.165) is 0 Å². The fourth-order valence-corrected chi connectivity index (χ4v) is 1.57. The van der Waals surface area contributed by atoms with Crippen LogP contribution in [0.1, 0.15) is 13.8 Å². The first-order valence-electron chi connectivity index (χ1n) is 5.39. The molecule has 0 bridgehead atoms. The SMILES string of the molecule is CCOC(=O)/C(N=Nc1ccc(Cl)cc1Cl)=C(/C)O. The zero-order valence-corrected chi connectivity index (χ0v) is 11.9. The molecule has 0 spiro atoms. The Hall–Kier alpha value is -1.59. The molecule has 0 saturated carbocycles. The van der Waals surface area contributed by atoms with Gasteiger partial charge in [-0.15, -0.1) is 10.2 Å².